The number of carbonyl (C=O) groups excluding carboxylic acids is 1. The van der Waals surface area contributed by atoms with Crippen molar-refractivity contribution in [2.45, 2.75) is 12.9 Å². The van der Waals surface area contributed by atoms with Gasteiger partial charge in [-0.05, 0) is 11.6 Å². The van der Waals surface area contributed by atoms with Crippen LogP contribution in [-0.2, 0) is 20.8 Å². The van der Waals surface area contributed by atoms with Gasteiger partial charge in [0, 0.05) is 5.56 Å². The van der Waals surface area contributed by atoms with Crippen molar-refractivity contribution in [3.05, 3.63) is 65.7 Å². The van der Waals surface area contributed by atoms with Crippen LogP contribution in [0.4, 0.5) is 10.5 Å². The van der Waals surface area contributed by atoms with E-state index in [-0.39, 0.29) is 6.61 Å². The van der Waals surface area contributed by atoms with Crippen molar-refractivity contribution in [1.82, 2.24) is 0 Å². The van der Waals surface area contributed by atoms with Crippen molar-refractivity contribution in [1.29, 1.82) is 0 Å². The van der Waals surface area contributed by atoms with E-state index in [1.165, 1.54) is 0 Å². The summed E-state index contributed by atoms with van der Waals surface area (Å²) in [4.78, 5) is 11.9. The van der Waals surface area contributed by atoms with E-state index in [1.807, 2.05) is 48.5 Å². The van der Waals surface area contributed by atoms with Crippen molar-refractivity contribution >= 4 is 11.8 Å². The molecule has 1 aliphatic rings. The summed E-state index contributed by atoms with van der Waals surface area (Å²) < 4.78 is 16.2. The first-order chi connectivity index (χ1) is 10.8. The molecule has 0 unspecified atom stereocenters. The highest BCUT2D eigenvalue weighted by Gasteiger charge is 2.21. The van der Waals surface area contributed by atoms with Crippen LogP contribution in [-0.4, -0.2) is 19.3 Å². The fourth-order valence-electron chi connectivity index (χ4n) is 2.22. The number of benzene rings is 2. The molecule has 2 aromatic rings. The van der Waals surface area contributed by atoms with Crippen molar-refractivity contribution in [2.24, 2.45) is 0 Å². The zero-order valence-electron chi connectivity index (χ0n) is 12.0. The van der Waals surface area contributed by atoms with Gasteiger partial charge in [-0.1, -0.05) is 48.5 Å². The molecule has 0 aromatic heterocycles. The van der Waals surface area contributed by atoms with E-state index in [1.54, 1.807) is 6.07 Å². The summed E-state index contributed by atoms with van der Waals surface area (Å²) in [5.41, 5.74) is 2.36. The van der Waals surface area contributed by atoms with Gasteiger partial charge < -0.3 is 14.2 Å². The lowest BCUT2D eigenvalue weighted by atomic mass is 10.1. The Kier molecular flexibility index (Phi) is 4.68. The molecule has 1 N–H and O–H groups in total. The Balaban J connectivity index is 1.61. The summed E-state index contributed by atoms with van der Waals surface area (Å²) in [5, 5.41) is 2.74. The average molecular weight is 299 g/mol. The van der Waals surface area contributed by atoms with Gasteiger partial charge in [-0.25, -0.2) is 4.79 Å². The SMILES string of the molecule is O=C(Nc1ccccc1C1OCCO1)OCc1ccccc1. The van der Waals surface area contributed by atoms with Crippen molar-refractivity contribution < 1.29 is 19.0 Å². The zero-order valence-corrected chi connectivity index (χ0v) is 12.0. The first-order valence-corrected chi connectivity index (χ1v) is 7.13. The molecule has 22 heavy (non-hydrogen) atoms. The second-order valence-electron chi connectivity index (χ2n) is 4.85. The number of hydrogen-bond donors (Lipinski definition) is 1. The molecule has 0 bridgehead atoms. The van der Waals surface area contributed by atoms with E-state index in [4.69, 9.17) is 14.2 Å². The predicted octanol–water partition coefficient (Wildman–Crippen LogP) is 3.48. The largest absolute Gasteiger partial charge is 0.444 e. The Hall–Kier alpha value is -2.37. The number of carbonyl (C=O) groups is 1. The van der Waals surface area contributed by atoms with E-state index in [2.05, 4.69) is 5.32 Å². The molecule has 1 amide bonds. The number of anilines is 1. The minimum Gasteiger partial charge on any atom is -0.444 e. The van der Waals surface area contributed by atoms with Gasteiger partial charge >= 0.3 is 6.09 Å². The minimum absolute atomic E-state index is 0.227. The zero-order chi connectivity index (χ0) is 15.2. The van der Waals surface area contributed by atoms with Crippen molar-refractivity contribution in [2.75, 3.05) is 18.5 Å². The summed E-state index contributed by atoms with van der Waals surface area (Å²) >= 11 is 0. The summed E-state index contributed by atoms with van der Waals surface area (Å²) in [6.07, 6.45) is -0.945. The molecule has 0 spiro atoms. The molecule has 1 fully saturated rings. The standard InChI is InChI=1S/C17H17NO4/c19-17(22-12-13-6-2-1-3-7-13)18-15-9-5-4-8-14(15)16-20-10-11-21-16/h1-9,16H,10-12H2,(H,18,19). The Morgan fingerprint density at radius 3 is 2.50 bits per heavy atom. The van der Waals surface area contributed by atoms with E-state index < -0.39 is 12.4 Å². The first-order valence-electron chi connectivity index (χ1n) is 7.13. The maximum atomic E-state index is 11.9. The second kappa shape index (κ2) is 7.06. The molecule has 5 nitrogen and oxygen atoms in total. The summed E-state index contributed by atoms with van der Waals surface area (Å²) in [6.45, 7) is 1.33. The molecule has 2 aromatic carbocycles. The van der Waals surface area contributed by atoms with Crippen LogP contribution in [0.25, 0.3) is 0 Å². The number of hydrogen-bond acceptors (Lipinski definition) is 4. The molecule has 1 saturated heterocycles. The Morgan fingerprint density at radius 1 is 1.05 bits per heavy atom. The van der Waals surface area contributed by atoms with E-state index >= 15 is 0 Å². The van der Waals surface area contributed by atoms with Crippen LogP contribution >= 0.6 is 0 Å². The molecule has 1 aliphatic heterocycles. The molecule has 5 heteroatoms. The molecule has 0 aliphatic carbocycles. The van der Waals surface area contributed by atoms with E-state index in [0.717, 1.165) is 11.1 Å². The highest BCUT2D eigenvalue weighted by Crippen LogP contribution is 2.29. The Morgan fingerprint density at radius 2 is 1.73 bits per heavy atom. The fraction of sp³-hybridized carbons (Fsp3) is 0.235. The molecule has 0 saturated carbocycles. The van der Waals surface area contributed by atoms with Crippen LogP contribution < -0.4 is 5.32 Å². The smallest absolute Gasteiger partial charge is 0.411 e. The van der Waals surface area contributed by atoms with Crippen LogP contribution in [0.2, 0.25) is 0 Å². The van der Waals surface area contributed by atoms with E-state index in [9.17, 15) is 4.79 Å². The van der Waals surface area contributed by atoms with E-state index in [0.29, 0.717) is 18.9 Å². The molecule has 1 heterocycles. The van der Waals surface area contributed by atoms with Gasteiger partial charge in [0.15, 0.2) is 6.29 Å². The third-order valence-electron chi connectivity index (χ3n) is 3.29. The summed E-state index contributed by atoms with van der Waals surface area (Å²) in [7, 11) is 0. The highest BCUT2D eigenvalue weighted by atomic mass is 16.7. The topological polar surface area (TPSA) is 56.8 Å². The lowest BCUT2D eigenvalue weighted by Crippen LogP contribution is -2.15. The molecular weight excluding hydrogens is 282 g/mol. The quantitative estimate of drug-likeness (QED) is 0.939. The summed E-state index contributed by atoms with van der Waals surface area (Å²) in [5.74, 6) is 0. The maximum absolute atomic E-state index is 11.9. The monoisotopic (exact) mass is 299 g/mol. The number of amides is 1. The van der Waals surface area contributed by atoms with Crippen LogP contribution in [0.15, 0.2) is 54.6 Å². The molecule has 3 rings (SSSR count). The van der Waals surface area contributed by atoms with Gasteiger partial charge in [0.1, 0.15) is 6.61 Å². The van der Waals surface area contributed by atoms with Gasteiger partial charge in [-0.3, -0.25) is 5.32 Å². The molecular formula is C17H17NO4. The average Bonchev–Trinajstić information content (AvgIpc) is 3.09. The first kappa shape index (κ1) is 14.6. The normalized spacial score (nSPS) is 14.7. The third-order valence-corrected chi connectivity index (χ3v) is 3.29. The maximum Gasteiger partial charge on any atom is 0.411 e. The van der Waals surface area contributed by atoms with Crippen LogP contribution in [0.5, 0.6) is 0 Å². The Labute approximate surface area is 128 Å². The fourth-order valence-corrected chi connectivity index (χ4v) is 2.22. The molecule has 0 radical (unpaired) electrons. The number of para-hydroxylation sites is 1. The molecule has 114 valence electrons. The number of nitrogens with one attached hydrogen (secondary N) is 1. The predicted molar refractivity (Wildman–Crippen MR) is 81.3 cm³/mol. The summed E-state index contributed by atoms with van der Waals surface area (Å²) in [6, 6.07) is 16.9. The van der Waals surface area contributed by atoms with Gasteiger partial charge in [0.2, 0.25) is 0 Å². The highest BCUT2D eigenvalue weighted by molar-refractivity contribution is 5.85. The number of ether oxygens (including phenoxy) is 3. The van der Waals surface area contributed by atoms with Gasteiger partial charge in [0.05, 0.1) is 18.9 Å². The lowest BCUT2D eigenvalue weighted by molar-refractivity contribution is -0.0435. The minimum atomic E-state index is -0.505. The van der Waals surface area contributed by atoms with Crippen LogP contribution in [0, 0.1) is 0 Å². The van der Waals surface area contributed by atoms with Gasteiger partial charge in [0.25, 0.3) is 0 Å². The van der Waals surface area contributed by atoms with Gasteiger partial charge in [-0.15, -0.1) is 0 Å². The Bertz CT molecular complexity index is 624. The number of rotatable bonds is 4. The lowest BCUT2D eigenvalue weighted by Gasteiger charge is -2.15. The third kappa shape index (κ3) is 3.63. The second-order valence-corrected chi connectivity index (χ2v) is 4.85. The van der Waals surface area contributed by atoms with Crippen LogP contribution in [0.1, 0.15) is 17.4 Å². The van der Waals surface area contributed by atoms with Crippen molar-refractivity contribution in [3.8, 4) is 0 Å². The van der Waals surface area contributed by atoms with Crippen molar-refractivity contribution in [3.63, 3.8) is 0 Å². The van der Waals surface area contributed by atoms with Crippen LogP contribution in [0.3, 0.4) is 0 Å². The van der Waals surface area contributed by atoms with Gasteiger partial charge in [-0.2, -0.15) is 0 Å². The molecule has 0 atom stereocenters.